The molecule has 0 aliphatic rings. The number of ketones is 1. The van der Waals surface area contributed by atoms with Crippen molar-refractivity contribution in [1.82, 2.24) is 0 Å². The number of hydrogen-bond donors (Lipinski definition) is 0. The third-order valence-corrected chi connectivity index (χ3v) is 3.57. The molecule has 1 aromatic heterocycles. The molecule has 0 unspecified atom stereocenters. The molecule has 0 fully saturated rings. The van der Waals surface area contributed by atoms with Gasteiger partial charge < -0.3 is 21.7 Å². The highest BCUT2D eigenvalue weighted by atomic mass is 79.9. The predicted octanol–water partition coefficient (Wildman–Crippen LogP) is 0.162. The second-order valence-electron chi connectivity index (χ2n) is 4.99. The minimum atomic E-state index is -0.346. The number of aromatic nitrogens is 1. The summed E-state index contributed by atoms with van der Waals surface area (Å²) in [5.74, 6) is 0.366. The molecule has 3 aromatic rings. The molecule has 0 saturated heterocycles. The average Bonchev–Trinajstić information content (AvgIpc) is 2.55. The molecule has 3 nitrogen and oxygen atoms in total. The largest absolute Gasteiger partial charge is 1.00 e. The van der Waals surface area contributed by atoms with Crippen LogP contribution in [-0.2, 0) is 6.54 Å². The van der Waals surface area contributed by atoms with Gasteiger partial charge in [0, 0.05) is 17.7 Å². The van der Waals surface area contributed by atoms with Crippen LogP contribution in [0.25, 0.3) is 10.9 Å². The second kappa shape index (κ2) is 7.33. The summed E-state index contributed by atoms with van der Waals surface area (Å²) >= 11 is 0. The van der Waals surface area contributed by atoms with Gasteiger partial charge in [0.05, 0.1) is 12.5 Å². The fourth-order valence-electron chi connectivity index (χ4n) is 2.41. The number of Topliss-reactive ketones (excluding diaryl/α,β-unsaturated/α-hetero) is 1. The summed E-state index contributed by atoms with van der Waals surface area (Å²) in [6.07, 6.45) is 1.86. The Balaban J connectivity index is 0.00000192. The maximum atomic E-state index is 12.9. The number of nitrogens with zero attached hydrogens (tertiary/aromatic N) is 1. The maximum absolute atomic E-state index is 12.9. The summed E-state index contributed by atoms with van der Waals surface area (Å²) in [7, 11) is 1.62. The van der Waals surface area contributed by atoms with E-state index >= 15 is 0 Å². The van der Waals surface area contributed by atoms with Crippen molar-refractivity contribution >= 4 is 16.7 Å². The van der Waals surface area contributed by atoms with E-state index < -0.39 is 0 Å². The van der Waals surface area contributed by atoms with Crippen LogP contribution in [0.15, 0.2) is 60.8 Å². The van der Waals surface area contributed by atoms with E-state index in [4.69, 9.17) is 4.74 Å². The molecule has 118 valence electrons. The molecule has 0 spiro atoms. The van der Waals surface area contributed by atoms with E-state index in [1.54, 1.807) is 7.11 Å². The Morgan fingerprint density at radius 3 is 2.57 bits per heavy atom. The van der Waals surface area contributed by atoms with Crippen molar-refractivity contribution in [3.8, 4) is 5.75 Å². The number of carbonyl (C=O) groups excluding carboxylic acids is 1. The topological polar surface area (TPSA) is 30.2 Å². The lowest BCUT2D eigenvalue weighted by atomic mass is 10.1. The van der Waals surface area contributed by atoms with Gasteiger partial charge in [-0.25, -0.2) is 4.39 Å². The molecular weight excluding hydrogens is 361 g/mol. The van der Waals surface area contributed by atoms with Gasteiger partial charge >= 0.3 is 0 Å². The van der Waals surface area contributed by atoms with Crippen molar-refractivity contribution in [3.05, 3.63) is 72.2 Å². The number of halogens is 2. The van der Waals surface area contributed by atoms with Crippen molar-refractivity contribution in [1.29, 1.82) is 0 Å². The molecule has 3 rings (SSSR count). The first-order chi connectivity index (χ1) is 10.7. The van der Waals surface area contributed by atoms with Crippen molar-refractivity contribution in [2.75, 3.05) is 7.11 Å². The van der Waals surface area contributed by atoms with Crippen molar-refractivity contribution in [2.24, 2.45) is 0 Å². The molecule has 0 saturated carbocycles. The number of hydrogen-bond acceptors (Lipinski definition) is 2. The number of ether oxygens (including phenoxy) is 1. The van der Waals surface area contributed by atoms with Crippen LogP contribution in [0.4, 0.5) is 4.39 Å². The van der Waals surface area contributed by atoms with Crippen LogP contribution >= 0.6 is 0 Å². The molecule has 0 atom stereocenters. The molecule has 1 heterocycles. The van der Waals surface area contributed by atoms with Gasteiger partial charge in [0.15, 0.2) is 6.20 Å². The number of fused-ring (bicyclic) bond motifs is 1. The Kier molecular flexibility index (Phi) is 5.45. The Bertz CT molecular complexity index is 834. The zero-order valence-corrected chi connectivity index (χ0v) is 14.1. The standard InChI is InChI=1S/C18H15FNO2.BrH/c1-22-16-8-9-17-14(11-16)3-2-10-20(17)12-18(21)13-4-6-15(19)7-5-13;/h2-11H,12H2,1H3;1H/q+1;/p-1. The summed E-state index contributed by atoms with van der Waals surface area (Å²) in [5, 5.41) is 0.994. The molecule has 0 bridgehead atoms. The highest BCUT2D eigenvalue weighted by molar-refractivity contribution is 5.95. The fourth-order valence-corrected chi connectivity index (χ4v) is 2.41. The molecule has 5 heteroatoms. The second-order valence-corrected chi connectivity index (χ2v) is 4.99. The van der Waals surface area contributed by atoms with Gasteiger partial charge in [0.1, 0.15) is 11.6 Å². The minimum Gasteiger partial charge on any atom is -1.00 e. The fraction of sp³-hybridized carbons (Fsp3) is 0.111. The normalized spacial score (nSPS) is 10.2. The lowest BCUT2D eigenvalue weighted by Gasteiger charge is -2.03. The maximum Gasteiger partial charge on any atom is 0.227 e. The summed E-state index contributed by atoms with van der Waals surface area (Å²) in [6, 6.07) is 15.2. The predicted molar refractivity (Wildman–Crippen MR) is 81.4 cm³/mol. The summed E-state index contributed by atoms with van der Waals surface area (Å²) in [6.45, 7) is 0.204. The molecule has 0 aliphatic heterocycles. The Hall–Kier alpha value is -2.27. The Labute approximate surface area is 144 Å². The Morgan fingerprint density at radius 2 is 1.87 bits per heavy atom. The zero-order chi connectivity index (χ0) is 15.5. The molecule has 0 N–H and O–H groups in total. The monoisotopic (exact) mass is 375 g/mol. The number of benzene rings is 2. The van der Waals surface area contributed by atoms with E-state index in [2.05, 4.69) is 0 Å². The van der Waals surface area contributed by atoms with Gasteiger partial charge in [-0.15, -0.1) is 0 Å². The van der Waals surface area contributed by atoms with Crippen molar-refractivity contribution in [3.63, 3.8) is 0 Å². The third kappa shape index (κ3) is 3.74. The number of pyridine rings is 1. The van der Waals surface area contributed by atoms with E-state index in [-0.39, 0.29) is 35.1 Å². The Morgan fingerprint density at radius 1 is 1.13 bits per heavy atom. The molecule has 0 radical (unpaired) electrons. The SMILES string of the molecule is COc1ccc2c(ccc[n+]2CC(=O)c2ccc(F)cc2)c1.[Br-]. The van der Waals surface area contributed by atoms with Crippen LogP contribution in [0.2, 0.25) is 0 Å². The molecule has 23 heavy (non-hydrogen) atoms. The first-order valence-electron chi connectivity index (χ1n) is 6.92. The molecule has 0 amide bonds. The van der Waals surface area contributed by atoms with Crippen molar-refractivity contribution < 1.29 is 35.5 Å². The van der Waals surface area contributed by atoms with Gasteiger partial charge in [-0.05, 0) is 42.5 Å². The average molecular weight is 376 g/mol. The van der Waals surface area contributed by atoms with Crippen LogP contribution < -0.4 is 26.3 Å². The van der Waals surface area contributed by atoms with Crippen molar-refractivity contribution in [2.45, 2.75) is 6.54 Å². The first kappa shape index (κ1) is 17.1. The van der Waals surface area contributed by atoms with E-state index in [0.29, 0.717) is 5.56 Å². The van der Waals surface area contributed by atoms with Gasteiger partial charge in [-0.1, -0.05) is 0 Å². The lowest BCUT2D eigenvalue weighted by molar-refractivity contribution is -0.657. The van der Waals surface area contributed by atoms with Gasteiger partial charge in [-0.3, -0.25) is 4.79 Å². The zero-order valence-electron chi connectivity index (χ0n) is 12.5. The minimum absolute atomic E-state index is 0. The smallest absolute Gasteiger partial charge is 0.227 e. The number of methoxy groups -OCH3 is 1. The highest BCUT2D eigenvalue weighted by Crippen LogP contribution is 2.17. The lowest BCUT2D eigenvalue weighted by Crippen LogP contribution is -3.00. The van der Waals surface area contributed by atoms with Crippen LogP contribution in [0.5, 0.6) is 5.75 Å². The number of rotatable bonds is 4. The van der Waals surface area contributed by atoms with Gasteiger partial charge in [0.25, 0.3) is 0 Å². The van der Waals surface area contributed by atoms with Crippen LogP contribution in [0, 0.1) is 5.82 Å². The summed E-state index contributed by atoms with van der Waals surface area (Å²) in [4.78, 5) is 12.3. The van der Waals surface area contributed by atoms with Crippen LogP contribution in [-0.4, -0.2) is 12.9 Å². The van der Waals surface area contributed by atoms with Crippen LogP contribution in [0.1, 0.15) is 10.4 Å². The first-order valence-corrected chi connectivity index (χ1v) is 6.92. The van der Waals surface area contributed by atoms with E-state index in [1.165, 1.54) is 24.3 Å². The molecule has 0 aliphatic carbocycles. The van der Waals surface area contributed by atoms with Gasteiger partial charge in [-0.2, -0.15) is 4.57 Å². The molecule has 2 aromatic carbocycles. The van der Waals surface area contributed by atoms with Gasteiger partial charge in [0.2, 0.25) is 17.8 Å². The highest BCUT2D eigenvalue weighted by Gasteiger charge is 2.15. The third-order valence-electron chi connectivity index (χ3n) is 3.57. The van der Waals surface area contributed by atoms with E-state index in [1.807, 2.05) is 41.1 Å². The molecular formula is C18H15BrFNO2. The summed E-state index contributed by atoms with van der Waals surface area (Å²) < 4.78 is 20.0. The van der Waals surface area contributed by atoms with Crippen LogP contribution in [0.3, 0.4) is 0 Å². The quantitative estimate of drug-likeness (QED) is 0.480. The van der Waals surface area contributed by atoms with E-state index in [0.717, 1.165) is 16.7 Å². The summed E-state index contributed by atoms with van der Waals surface area (Å²) in [5.41, 5.74) is 1.44. The number of carbonyl (C=O) groups is 1. The van der Waals surface area contributed by atoms with E-state index in [9.17, 15) is 9.18 Å².